The Bertz CT molecular complexity index is 856. The van der Waals surface area contributed by atoms with E-state index < -0.39 is 41.2 Å². The first-order chi connectivity index (χ1) is 14.3. The highest BCUT2D eigenvalue weighted by molar-refractivity contribution is 5.98. The van der Waals surface area contributed by atoms with Gasteiger partial charge in [-0.25, -0.2) is 4.79 Å². The van der Waals surface area contributed by atoms with Crippen molar-refractivity contribution in [3.63, 3.8) is 0 Å². The molecule has 10 heteroatoms. The van der Waals surface area contributed by atoms with Crippen molar-refractivity contribution in [1.82, 2.24) is 10.2 Å². The van der Waals surface area contributed by atoms with E-state index in [9.17, 15) is 27.6 Å². The predicted octanol–water partition coefficient (Wildman–Crippen LogP) is 3.28. The highest BCUT2D eigenvalue weighted by Gasteiger charge is 2.37. The van der Waals surface area contributed by atoms with E-state index in [0.29, 0.717) is 5.56 Å². The van der Waals surface area contributed by atoms with Crippen LogP contribution in [0.3, 0.4) is 0 Å². The van der Waals surface area contributed by atoms with Gasteiger partial charge in [-0.2, -0.15) is 13.2 Å². The lowest BCUT2D eigenvalue weighted by Crippen LogP contribution is -2.50. The molecule has 0 aliphatic carbocycles. The van der Waals surface area contributed by atoms with Gasteiger partial charge in [-0.1, -0.05) is 6.07 Å². The Labute approximate surface area is 178 Å². The van der Waals surface area contributed by atoms with Crippen molar-refractivity contribution in [2.75, 3.05) is 31.1 Å². The van der Waals surface area contributed by atoms with Crippen LogP contribution in [-0.2, 0) is 20.5 Å². The first-order valence-corrected chi connectivity index (χ1v) is 10.1. The zero-order valence-electron chi connectivity index (χ0n) is 17.7. The van der Waals surface area contributed by atoms with E-state index >= 15 is 0 Å². The van der Waals surface area contributed by atoms with Crippen LogP contribution in [-0.4, -0.2) is 54.6 Å². The van der Waals surface area contributed by atoms with Crippen LogP contribution in [0.15, 0.2) is 18.2 Å². The van der Waals surface area contributed by atoms with Gasteiger partial charge in [0.05, 0.1) is 5.56 Å². The van der Waals surface area contributed by atoms with Crippen molar-refractivity contribution >= 4 is 23.6 Å². The Kier molecular flexibility index (Phi) is 6.20. The van der Waals surface area contributed by atoms with Gasteiger partial charge in [-0.3, -0.25) is 14.9 Å². The van der Waals surface area contributed by atoms with E-state index in [0.717, 1.165) is 6.07 Å². The lowest BCUT2D eigenvalue weighted by molar-refractivity contribution is -0.137. The zero-order valence-corrected chi connectivity index (χ0v) is 17.7. The van der Waals surface area contributed by atoms with E-state index in [4.69, 9.17) is 4.74 Å². The number of carbonyl (C=O) groups is 3. The standard InChI is InChI=1S/C21H26F3N3O4/c1-20(2,3)31-19(30)27-8-6-26(7-9-27)16-5-4-13(10-15(16)21(22,23)24)14-11-17(28)25-18(29)12-14/h4-5,10,14H,6-9,11-12H2,1-3H3,(H,25,28,29). The molecule has 0 bridgehead atoms. The second-order valence-electron chi connectivity index (χ2n) is 8.81. The van der Waals surface area contributed by atoms with Crippen LogP contribution in [0.5, 0.6) is 0 Å². The molecule has 0 aromatic heterocycles. The molecule has 170 valence electrons. The molecule has 2 aliphatic heterocycles. The van der Waals surface area contributed by atoms with Gasteiger partial charge in [0.1, 0.15) is 5.60 Å². The van der Waals surface area contributed by atoms with Crippen molar-refractivity contribution in [3.8, 4) is 0 Å². The number of rotatable bonds is 2. The molecule has 3 amide bonds. The average Bonchev–Trinajstić information content (AvgIpc) is 2.65. The summed E-state index contributed by atoms with van der Waals surface area (Å²) >= 11 is 0. The molecule has 0 spiro atoms. The first kappa shape index (κ1) is 22.9. The summed E-state index contributed by atoms with van der Waals surface area (Å²) in [5, 5.41) is 2.16. The number of nitrogens with one attached hydrogen (secondary N) is 1. The van der Waals surface area contributed by atoms with Crippen molar-refractivity contribution in [2.45, 2.75) is 51.3 Å². The monoisotopic (exact) mass is 441 g/mol. The zero-order chi connectivity index (χ0) is 23.0. The van der Waals surface area contributed by atoms with Crippen molar-refractivity contribution < 1.29 is 32.3 Å². The quantitative estimate of drug-likeness (QED) is 0.713. The number of imide groups is 1. The lowest BCUT2D eigenvalue weighted by atomic mass is 9.88. The Hall–Kier alpha value is -2.78. The Morgan fingerprint density at radius 1 is 1.03 bits per heavy atom. The van der Waals surface area contributed by atoms with Crippen molar-refractivity contribution in [1.29, 1.82) is 0 Å². The van der Waals surface area contributed by atoms with Crippen LogP contribution < -0.4 is 10.2 Å². The number of piperazine rings is 1. The fourth-order valence-electron chi connectivity index (χ4n) is 3.78. The number of amides is 3. The summed E-state index contributed by atoms with van der Waals surface area (Å²) in [5.74, 6) is -1.56. The molecule has 0 saturated carbocycles. The average molecular weight is 441 g/mol. The molecule has 7 nitrogen and oxygen atoms in total. The van der Waals surface area contributed by atoms with Crippen LogP contribution in [0, 0.1) is 0 Å². The third kappa shape index (κ3) is 5.68. The van der Waals surface area contributed by atoms with Crippen LogP contribution in [0.25, 0.3) is 0 Å². The number of hydrogen-bond acceptors (Lipinski definition) is 5. The SMILES string of the molecule is CC(C)(C)OC(=O)N1CCN(c2ccc(C3CC(=O)NC(=O)C3)cc2C(F)(F)F)CC1. The van der Waals surface area contributed by atoms with Crippen LogP contribution in [0.2, 0.25) is 0 Å². The highest BCUT2D eigenvalue weighted by atomic mass is 19.4. The number of piperidine rings is 1. The van der Waals surface area contributed by atoms with Gasteiger partial charge in [0, 0.05) is 50.6 Å². The second-order valence-corrected chi connectivity index (χ2v) is 8.81. The number of carbonyl (C=O) groups excluding carboxylic acids is 3. The topological polar surface area (TPSA) is 79.0 Å². The van der Waals surface area contributed by atoms with E-state index in [2.05, 4.69) is 5.32 Å². The Morgan fingerprint density at radius 3 is 2.13 bits per heavy atom. The predicted molar refractivity (Wildman–Crippen MR) is 107 cm³/mol. The van der Waals surface area contributed by atoms with Gasteiger partial charge >= 0.3 is 12.3 Å². The molecule has 3 rings (SSSR count). The molecule has 0 unspecified atom stereocenters. The summed E-state index contributed by atoms with van der Waals surface area (Å²) in [6.07, 6.45) is -5.15. The first-order valence-electron chi connectivity index (χ1n) is 10.1. The Morgan fingerprint density at radius 2 is 1.61 bits per heavy atom. The van der Waals surface area contributed by atoms with E-state index in [1.807, 2.05) is 0 Å². The maximum atomic E-state index is 13.8. The number of hydrogen-bond donors (Lipinski definition) is 1. The summed E-state index contributed by atoms with van der Waals surface area (Å²) in [5.41, 5.74) is -1.13. The molecule has 2 heterocycles. The van der Waals surface area contributed by atoms with Crippen LogP contribution >= 0.6 is 0 Å². The summed E-state index contributed by atoms with van der Waals surface area (Å²) < 4.78 is 46.8. The Balaban J connectivity index is 1.78. The van der Waals surface area contributed by atoms with Gasteiger partial charge in [-0.05, 0) is 38.5 Å². The third-order valence-corrected chi connectivity index (χ3v) is 5.21. The number of anilines is 1. The lowest BCUT2D eigenvalue weighted by Gasteiger charge is -2.38. The van der Waals surface area contributed by atoms with E-state index in [-0.39, 0.29) is 44.7 Å². The maximum Gasteiger partial charge on any atom is 0.418 e. The molecular weight excluding hydrogens is 415 g/mol. The molecule has 2 saturated heterocycles. The molecule has 2 aliphatic rings. The van der Waals surface area contributed by atoms with E-state index in [1.54, 1.807) is 31.7 Å². The van der Waals surface area contributed by atoms with Gasteiger partial charge in [0.2, 0.25) is 11.8 Å². The van der Waals surface area contributed by atoms with Gasteiger partial charge in [0.15, 0.2) is 0 Å². The minimum absolute atomic E-state index is 0.0201. The van der Waals surface area contributed by atoms with Crippen molar-refractivity contribution in [3.05, 3.63) is 29.3 Å². The smallest absolute Gasteiger partial charge is 0.418 e. The van der Waals surface area contributed by atoms with Crippen LogP contribution in [0.4, 0.5) is 23.7 Å². The summed E-state index contributed by atoms with van der Waals surface area (Å²) in [4.78, 5) is 38.5. The summed E-state index contributed by atoms with van der Waals surface area (Å²) in [6.45, 7) is 6.19. The highest BCUT2D eigenvalue weighted by Crippen LogP contribution is 2.40. The van der Waals surface area contributed by atoms with Gasteiger partial charge < -0.3 is 14.5 Å². The van der Waals surface area contributed by atoms with Crippen LogP contribution in [0.1, 0.15) is 50.7 Å². The fraction of sp³-hybridized carbons (Fsp3) is 0.571. The minimum Gasteiger partial charge on any atom is -0.444 e. The number of ether oxygens (including phenoxy) is 1. The van der Waals surface area contributed by atoms with Gasteiger partial charge in [0.25, 0.3) is 0 Å². The molecule has 31 heavy (non-hydrogen) atoms. The largest absolute Gasteiger partial charge is 0.444 e. The number of benzene rings is 1. The number of halogens is 3. The summed E-state index contributed by atoms with van der Waals surface area (Å²) in [6, 6.07) is 3.96. The minimum atomic E-state index is -4.60. The number of alkyl halides is 3. The molecule has 0 atom stereocenters. The van der Waals surface area contributed by atoms with Gasteiger partial charge in [-0.15, -0.1) is 0 Å². The second kappa shape index (κ2) is 8.39. The summed E-state index contributed by atoms with van der Waals surface area (Å²) in [7, 11) is 0. The normalized spacial score (nSPS) is 18.8. The third-order valence-electron chi connectivity index (χ3n) is 5.21. The fourth-order valence-corrected chi connectivity index (χ4v) is 3.78. The molecule has 1 aromatic rings. The molecule has 2 fully saturated rings. The molecule has 1 N–H and O–H groups in total. The molecule has 0 radical (unpaired) electrons. The number of nitrogens with zero attached hydrogens (tertiary/aromatic N) is 2. The van der Waals surface area contributed by atoms with Crippen molar-refractivity contribution in [2.24, 2.45) is 0 Å². The molecule has 1 aromatic carbocycles. The molecular formula is C21H26F3N3O4. The van der Waals surface area contributed by atoms with E-state index in [1.165, 1.54) is 11.0 Å². The maximum absolute atomic E-state index is 13.8.